The van der Waals surface area contributed by atoms with Crippen molar-refractivity contribution in [2.75, 3.05) is 12.3 Å². The molecule has 2 amide bonds. The number of thioether (sulfide) groups is 1. The largest absolute Gasteiger partial charge is 0.480 e. The summed E-state index contributed by atoms with van der Waals surface area (Å²) in [5.74, 6) is 0.171. The van der Waals surface area contributed by atoms with Crippen LogP contribution in [0.5, 0.6) is 0 Å². The van der Waals surface area contributed by atoms with Gasteiger partial charge >= 0.3 is 12.0 Å². The quantitative estimate of drug-likeness (QED) is 0.830. The molecule has 0 aromatic carbocycles. The Morgan fingerprint density at radius 1 is 1.42 bits per heavy atom. The second-order valence-electron chi connectivity index (χ2n) is 5.48. The molecule has 0 spiro atoms. The molecule has 1 fully saturated rings. The van der Waals surface area contributed by atoms with Crippen molar-refractivity contribution in [2.45, 2.75) is 51.4 Å². The Morgan fingerprint density at radius 2 is 2.05 bits per heavy atom. The van der Waals surface area contributed by atoms with Crippen LogP contribution in [0.2, 0.25) is 0 Å². The SMILES string of the molecule is CC(C)C[C@H](NC(=O)N1CCSC(C)C1C)C(=O)O. The van der Waals surface area contributed by atoms with Gasteiger partial charge in [-0.1, -0.05) is 20.8 Å². The van der Waals surface area contributed by atoms with E-state index in [4.69, 9.17) is 5.11 Å². The molecule has 0 saturated carbocycles. The minimum atomic E-state index is -0.964. The van der Waals surface area contributed by atoms with Gasteiger partial charge in [0.2, 0.25) is 0 Å². The first-order chi connectivity index (χ1) is 8.82. The monoisotopic (exact) mass is 288 g/mol. The number of nitrogens with one attached hydrogen (secondary N) is 1. The van der Waals surface area contributed by atoms with E-state index in [1.807, 2.05) is 32.5 Å². The van der Waals surface area contributed by atoms with Gasteiger partial charge in [-0.2, -0.15) is 11.8 Å². The number of carboxylic acid groups (broad SMARTS) is 1. The average Bonchev–Trinajstić information content (AvgIpc) is 2.31. The highest BCUT2D eigenvalue weighted by Crippen LogP contribution is 2.24. The van der Waals surface area contributed by atoms with Crippen molar-refractivity contribution in [3.05, 3.63) is 0 Å². The molecule has 1 saturated heterocycles. The minimum absolute atomic E-state index is 0.132. The molecule has 110 valence electrons. The molecular weight excluding hydrogens is 264 g/mol. The number of hydrogen-bond donors (Lipinski definition) is 2. The molecule has 19 heavy (non-hydrogen) atoms. The Kier molecular flexibility index (Phi) is 5.97. The van der Waals surface area contributed by atoms with E-state index in [-0.39, 0.29) is 18.0 Å². The lowest BCUT2D eigenvalue weighted by molar-refractivity contribution is -0.139. The molecule has 1 aliphatic heterocycles. The zero-order valence-electron chi connectivity index (χ0n) is 12.0. The van der Waals surface area contributed by atoms with Gasteiger partial charge in [0.05, 0.1) is 0 Å². The molecule has 2 N–H and O–H groups in total. The molecule has 0 radical (unpaired) electrons. The average molecular weight is 288 g/mol. The molecule has 0 aliphatic carbocycles. The summed E-state index contributed by atoms with van der Waals surface area (Å²) in [6.45, 7) is 8.68. The number of hydrogen-bond acceptors (Lipinski definition) is 3. The Morgan fingerprint density at radius 3 is 2.58 bits per heavy atom. The molecule has 0 bridgehead atoms. The van der Waals surface area contributed by atoms with Crippen LogP contribution in [-0.2, 0) is 4.79 Å². The van der Waals surface area contributed by atoms with Crippen molar-refractivity contribution in [1.82, 2.24) is 10.2 Å². The van der Waals surface area contributed by atoms with Gasteiger partial charge in [-0.25, -0.2) is 9.59 Å². The number of nitrogens with zero attached hydrogens (tertiary/aromatic N) is 1. The van der Waals surface area contributed by atoms with Gasteiger partial charge < -0.3 is 15.3 Å². The second-order valence-corrected chi connectivity index (χ2v) is 6.96. The summed E-state index contributed by atoms with van der Waals surface area (Å²) in [5, 5.41) is 12.2. The fraction of sp³-hybridized carbons (Fsp3) is 0.846. The lowest BCUT2D eigenvalue weighted by Gasteiger charge is -2.38. The number of rotatable bonds is 4. The van der Waals surface area contributed by atoms with E-state index < -0.39 is 12.0 Å². The highest BCUT2D eigenvalue weighted by molar-refractivity contribution is 8.00. The summed E-state index contributed by atoms with van der Waals surface area (Å²) in [5.41, 5.74) is 0. The molecule has 3 atom stereocenters. The molecule has 5 nitrogen and oxygen atoms in total. The molecule has 6 heteroatoms. The van der Waals surface area contributed by atoms with E-state index in [0.29, 0.717) is 18.2 Å². The number of carbonyl (C=O) groups excluding carboxylic acids is 1. The second kappa shape index (κ2) is 7.03. The van der Waals surface area contributed by atoms with Gasteiger partial charge in [0, 0.05) is 23.6 Å². The molecule has 1 rings (SSSR count). The molecule has 0 aromatic rings. The lowest BCUT2D eigenvalue weighted by atomic mass is 10.0. The van der Waals surface area contributed by atoms with Crippen LogP contribution in [0.3, 0.4) is 0 Å². The van der Waals surface area contributed by atoms with Crippen molar-refractivity contribution in [2.24, 2.45) is 5.92 Å². The first kappa shape index (κ1) is 16.1. The Hall–Kier alpha value is -0.910. The van der Waals surface area contributed by atoms with E-state index in [9.17, 15) is 9.59 Å². The number of carboxylic acids is 1. The van der Waals surface area contributed by atoms with E-state index in [2.05, 4.69) is 12.2 Å². The Labute approximate surface area is 119 Å². The summed E-state index contributed by atoms with van der Waals surface area (Å²) in [7, 11) is 0. The highest BCUT2D eigenvalue weighted by Gasteiger charge is 2.31. The maximum atomic E-state index is 12.2. The van der Waals surface area contributed by atoms with Gasteiger partial charge in [0.1, 0.15) is 6.04 Å². The normalized spacial score (nSPS) is 25.2. The van der Waals surface area contributed by atoms with Crippen LogP contribution in [0.4, 0.5) is 4.79 Å². The zero-order valence-corrected chi connectivity index (χ0v) is 12.9. The summed E-state index contributed by atoms with van der Waals surface area (Å²) >= 11 is 1.85. The summed E-state index contributed by atoms with van der Waals surface area (Å²) in [6.07, 6.45) is 0.452. The van der Waals surface area contributed by atoms with Gasteiger partial charge in [-0.05, 0) is 19.3 Å². The van der Waals surface area contributed by atoms with Crippen LogP contribution in [0.1, 0.15) is 34.1 Å². The van der Waals surface area contributed by atoms with Crippen LogP contribution in [0.25, 0.3) is 0 Å². The standard InChI is InChI=1S/C13H24N2O3S/c1-8(2)7-11(12(16)17)14-13(18)15-5-6-19-10(4)9(15)3/h8-11H,5-7H2,1-4H3,(H,14,18)(H,16,17)/t9?,10?,11-/m0/s1. The molecule has 1 heterocycles. The van der Waals surface area contributed by atoms with Gasteiger partial charge in [-0.3, -0.25) is 0 Å². The smallest absolute Gasteiger partial charge is 0.326 e. The van der Waals surface area contributed by atoms with E-state index in [0.717, 1.165) is 5.75 Å². The maximum Gasteiger partial charge on any atom is 0.326 e. The topological polar surface area (TPSA) is 69.6 Å². The molecule has 2 unspecified atom stereocenters. The van der Waals surface area contributed by atoms with Gasteiger partial charge in [0.15, 0.2) is 0 Å². The molecule has 0 aromatic heterocycles. The Balaban J connectivity index is 2.63. The molecular formula is C13H24N2O3S. The van der Waals surface area contributed by atoms with Crippen molar-refractivity contribution in [1.29, 1.82) is 0 Å². The van der Waals surface area contributed by atoms with Crippen LogP contribution >= 0.6 is 11.8 Å². The van der Waals surface area contributed by atoms with E-state index in [1.165, 1.54) is 0 Å². The van der Waals surface area contributed by atoms with E-state index >= 15 is 0 Å². The third-order valence-corrected chi connectivity index (χ3v) is 4.79. The number of aliphatic carboxylic acids is 1. The van der Waals surface area contributed by atoms with Crippen LogP contribution in [-0.4, -0.2) is 51.6 Å². The van der Waals surface area contributed by atoms with Crippen LogP contribution < -0.4 is 5.32 Å². The fourth-order valence-corrected chi connectivity index (χ4v) is 3.24. The zero-order chi connectivity index (χ0) is 14.6. The first-order valence-electron chi connectivity index (χ1n) is 6.74. The van der Waals surface area contributed by atoms with Gasteiger partial charge in [0.25, 0.3) is 0 Å². The first-order valence-corrected chi connectivity index (χ1v) is 7.79. The van der Waals surface area contributed by atoms with Crippen molar-refractivity contribution < 1.29 is 14.7 Å². The van der Waals surface area contributed by atoms with Crippen molar-refractivity contribution in [3.63, 3.8) is 0 Å². The van der Waals surface area contributed by atoms with Crippen molar-refractivity contribution in [3.8, 4) is 0 Å². The van der Waals surface area contributed by atoms with Crippen molar-refractivity contribution >= 4 is 23.8 Å². The van der Waals surface area contributed by atoms with Crippen LogP contribution in [0, 0.1) is 5.92 Å². The predicted molar refractivity (Wildman–Crippen MR) is 77.5 cm³/mol. The summed E-state index contributed by atoms with van der Waals surface area (Å²) in [4.78, 5) is 25.1. The summed E-state index contributed by atoms with van der Waals surface area (Å²) < 4.78 is 0. The lowest BCUT2D eigenvalue weighted by Crippen LogP contribution is -2.55. The summed E-state index contributed by atoms with van der Waals surface area (Å²) in [6, 6.07) is -0.926. The van der Waals surface area contributed by atoms with Crippen LogP contribution in [0.15, 0.2) is 0 Å². The fourth-order valence-electron chi connectivity index (χ4n) is 2.14. The minimum Gasteiger partial charge on any atom is -0.480 e. The Bertz CT molecular complexity index is 336. The van der Waals surface area contributed by atoms with Gasteiger partial charge in [-0.15, -0.1) is 0 Å². The number of urea groups is 1. The molecule has 1 aliphatic rings. The maximum absolute atomic E-state index is 12.2. The third kappa shape index (κ3) is 4.60. The number of amides is 2. The highest BCUT2D eigenvalue weighted by atomic mass is 32.2. The third-order valence-electron chi connectivity index (χ3n) is 3.45. The predicted octanol–water partition coefficient (Wildman–Crippen LogP) is 2.02. The number of carbonyl (C=O) groups is 2. The van der Waals surface area contributed by atoms with E-state index in [1.54, 1.807) is 4.90 Å².